The average molecular weight is 415 g/mol. The summed E-state index contributed by atoms with van der Waals surface area (Å²) < 4.78 is 13.1. The van der Waals surface area contributed by atoms with Crippen molar-refractivity contribution in [3.8, 4) is 22.8 Å². The maximum atomic E-state index is 12.8. The Bertz CT molecular complexity index is 935. The molecule has 0 unspecified atom stereocenters. The molecule has 0 bridgehead atoms. The van der Waals surface area contributed by atoms with E-state index >= 15 is 0 Å². The number of hydrogen-bond donors (Lipinski definition) is 1. The minimum atomic E-state index is -0.409. The Morgan fingerprint density at radius 3 is 2.27 bits per heavy atom. The number of nitrogens with one attached hydrogen (secondary N) is 1. The van der Waals surface area contributed by atoms with Gasteiger partial charge in [-0.2, -0.15) is 0 Å². The molecule has 2 aromatic rings. The van der Waals surface area contributed by atoms with Gasteiger partial charge in [-0.25, -0.2) is 4.98 Å². The van der Waals surface area contributed by atoms with Crippen molar-refractivity contribution in [2.24, 2.45) is 5.41 Å². The summed E-state index contributed by atoms with van der Waals surface area (Å²) in [6.07, 6.45) is 0. The lowest BCUT2D eigenvalue weighted by atomic mass is 9.94. The van der Waals surface area contributed by atoms with Crippen molar-refractivity contribution in [1.29, 1.82) is 0 Å². The van der Waals surface area contributed by atoms with E-state index in [1.807, 2.05) is 43.9 Å². The molecule has 0 radical (unpaired) electrons. The summed E-state index contributed by atoms with van der Waals surface area (Å²) in [6, 6.07) is 5.82. The molecule has 1 aromatic carbocycles. The lowest BCUT2D eigenvalue weighted by molar-refractivity contribution is -0.141. The van der Waals surface area contributed by atoms with Crippen LogP contribution in [-0.4, -0.2) is 46.7 Å². The molecular formula is C23H34N4O3. The molecule has 7 nitrogen and oxygen atoms in total. The number of aromatic nitrogens is 2. The minimum Gasteiger partial charge on any atom is -0.493 e. The van der Waals surface area contributed by atoms with Crippen LogP contribution >= 0.6 is 0 Å². The van der Waals surface area contributed by atoms with Crippen molar-refractivity contribution in [3.05, 3.63) is 24.0 Å². The number of benzene rings is 1. The number of carbonyl (C=O) groups is 1. The topological polar surface area (TPSA) is 68.6 Å². The zero-order valence-corrected chi connectivity index (χ0v) is 19.4. The van der Waals surface area contributed by atoms with E-state index in [1.165, 1.54) is 0 Å². The van der Waals surface area contributed by atoms with Crippen LogP contribution in [0.2, 0.25) is 0 Å². The summed E-state index contributed by atoms with van der Waals surface area (Å²) in [5, 5.41) is 3.62. The van der Waals surface area contributed by atoms with E-state index in [2.05, 4.69) is 30.7 Å². The van der Waals surface area contributed by atoms with E-state index in [4.69, 9.17) is 14.5 Å². The number of fused-ring (bicyclic) bond motifs is 1. The molecule has 0 atom stereocenters. The van der Waals surface area contributed by atoms with Gasteiger partial charge in [0.2, 0.25) is 5.91 Å². The Morgan fingerprint density at radius 2 is 1.70 bits per heavy atom. The van der Waals surface area contributed by atoms with E-state index in [9.17, 15) is 4.79 Å². The van der Waals surface area contributed by atoms with Crippen LogP contribution in [0.4, 0.5) is 5.82 Å². The Hall–Kier alpha value is -2.70. The number of rotatable bonds is 4. The average Bonchev–Trinajstić information content (AvgIpc) is 3.02. The molecule has 164 valence electrons. The molecule has 2 heterocycles. The molecule has 0 saturated heterocycles. The summed E-state index contributed by atoms with van der Waals surface area (Å²) in [5.41, 5.74) is 1.24. The van der Waals surface area contributed by atoms with Gasteiger partial charge in [0, 0.05) is 29.6 Å². The van der Waals surface area contributed by atoms with Crippen LogP contribution in [0.3, 0.4) is 0 Å². The van der Waals surface area contributed by atoms with Gasteiger partial charge in [0.25, 0.3) is 0 Å². The first-order valence-corrected chi connectivity index (χ1v) is 10.3. The molecule has 0 saturated carbocycles. The van der Waals surface area contributed by atoms with Crippen LogP contribution in [0.25, 0.3) is 11.3 Å². The highest BCUT2D eigenvalue weighted by atomic mass is 16.5. The predicted molar refractivity (Wildman–Crippen MR) is 119 cm³/mol. The van der Waals surface area contributed by atoms with Gasteiger partial charge in [0.05, 0.1) is 20.8 Å². The van der Waals surface area contributed by atoms with E-state index in [1.54, 1.807) is 14.2 Å². The highest BCUT2D eigenvalue weighted by Crippen LogP contribution is 2.37. The number of amides is 1. The maximum Gasteiger partial charge on any atom is 0.228 e. The number of hydrogen-bond acceptors (Lipinski definition) is 5. The SMILES string of the molecule is COc1ccc(-c2nc3n(c2NC(C)(C)C)CCN(C(=O)C(C)(C)C)C3)cc1OC. The fraction of sp³-hybridized carbons (Fsp3) is 0.565. The Labute approximate surface area is 179 Å². The summed E-state index contributed by atoms with van der Waals surface area (Å²) >= 11 is 0. The van der Waals surface area contributed by atoms with Gasteiger partial charge in [-0.1, -0.05) is 20.8 Å². The molecule has 1 amide bonds. The van der Waals surface area contributed by atoms with E-state index < -0.39 is 5.41 Å². The summed E-state index contributed by atoms with van der Waals surface area (Å²) in [6.45, 7) is 14.1. The second-order valence-corrected chi connectivity index (χ2v) is 9.80. The fourth-order valence-corrected chi connectivity index (χ4v) is 3.65. The van der Waals surface area contributed by atoms with Gasteiger partial charge >= 0.3 is 0 Å². The zero-order valence-electron chi connectivity index (χ0n) is 19.4. The largest absolute Gasteiger partial charge is 0.493 e. The third-order valence-corrected chi connectivity index (χ3v) is 5.05. The van der Waals surface area contributed by atoms with Crippen molar-refractivity contribution in [2.75, 3.05) is 26.1 Å². The molecule has 30 heavy (non-hydrogen) atoms. The number of ether oxygens (including phenoxy) is 2. The van der Waals surface area contributed by atoms with Crippen molar-refractivity contribution in [2.45, 2.75) is 60.2 Å². The van der Waals surface area contributed by atoms with E-state index in [0.29, 0.717) is 31.1 Å². The fourth-order valence-electron chi connectivity index (χ4n) is 3.65. The smallest absolute Gasteiger partial charge is 0.228 e. The quantitative estimate of drug-likeness (QED) is 0.813. The third-order valence-electron chi connectivity index (χ3n) is 5.05. The lowest BCUT2D eigenvalue weighted by Gasteiger charge is -2.34. The van der Waals surface area contributed by atoms with E-state index in [0.717, 1.165) is 22.9 Å². The summed E-state index contributed by atoms with van der Waals surface area (Å²) in [5.74, 6) is 3.34. The maximum absolute atomic E-state index is 12.8. The molecule has 0 fully saturated rings. The molecule has 7 heteroatoms. The first-order chi connectivity index (χ1) is 13.9. The van der Waals surface area contributed by atoms with Crippen LogP contribution < -0.4 is 14.8 Å². The van der Waals surface area contributed by atoms with Gasteiger partial charge in [-0.15, -0.1) is 0 Å². The number of imidazole rings is 1. The van der Waals surface area contributed by atoms with Gasteiger partial charge in [0.1, 0.15) is 17.3 Å². The molecule has 0 aliphatic carbocycles. The predicted octanol–water partition coefficient (Wildman–Crippen LogP) is 4.17. The van der Waals surface area contributed by atoms with Gasteiger partial charge in [-0.05, 0) is 39.0 Å². The second-order valence-electron chi connectivity index (χ2n) is 9.80. The van der Waals surface area contributed by atoms with Gasteiger partial charge < -0.3 is 24.3 Å². The van der Waals surface area contributed by atoms with Crippen LogP contribution in [0.1, 0.15) is 47.4 Å². The molecule has 3 rings (SSSR count). The van der Waals surface area contributed by atoms with Crippen LogP contribution in [-0.2, 0) is 17.9 Å². The molecule has 0 spiro atoms. The second kappa shape index (κ2) is 7.85. The van der Waals surface area contributed by atoms with Crippen molar-refractivity contribution in [1.82, 2.24) is 14.5 Å². The minimum absolute atomic E-state index is 0.138. The van der Waals surface area contributed by atoms with E-state index in [-0.39, 0.29) is 11.4 Å². The highest BCUT2D eigenvalue weighted by Gasteiger charge is 2.33. The lowest BCUT2D eigenvalue weighted by Crippen LogP contribution is -2.44. The number of anilines is 1. The molecule has 1 N–H and O–H groups in total. The van der Waals surface area contributed by atoms with Crippen molar-refractivity contribution >= 4 is 11.7 Å². The van der Waals surface area contributed by atoms with Gasteiger partial charge in [-0.3, -0.25) is 4.79 Å². The zero-order chi connectivity index (χ0) is 22.3. The highest BCUT2D eigenvalue weighted by molar-refractivity contribution is 5.82. The summed E-state index contributed by atoms with van der Waals surface area (Å²) in [7, 11) is 3.25. The normalized spacial score (nSPS) is 14.3. The van der Waals surface area contributed by atoms with Crippen LogP contribution in [0, 0.1) is 5.41 Å². The van der Waals surface area contributed by atoms with Gasteiger partial charge in [0.15, 0.2) is 11.5 Å². The first-order valence-electron chi connectivity index (χ1n) is 10.3. The Balaban J connectivity index is 2.07. The van der Waals surface area contributed by atoms with Crippen molar-refractivity contribution in [3.63, 3.8) is 0 Å². The van der Waals surface area contributed by atoms with Crippen molar-refractivity contribution < 1.29 is 14.3 Å². The standard InChI is InChI=1S/C23H34N4O3/c1-22(2,3)21(28)26-11-12-27-18(14-26)24-19(20(27)25-23(4,5)6)15-9-10-16(29-7)17(13-15)30-8/h9-10,13,25H,11-12,14H2,1-8H3. The molecule has 1 aliphatic heterocycles. The number of methoxy groups -OCH3 is 2. The number of nitrogens with zero attached hydrogens (tertiary/aromatic N) is 3. The Morgan fingerprint density at radius 1 is 1.03 bits per heavy atom. The van der Waals surface area contributed by atoms with Crippen LogP contribution in [0.15, 0.2) is 18.2 Å². The monoisotopic (exact) mass is 414 g/mol. The molecule has 1 aromatic heterocycles. The number of carbonyl (C=O) groups excluding carboxylic acids is 1. The Kier molecular flexibility index (Phi) is 5.76. The molecular weight excluding hydrogens is 380 g/mol. The third kappa shape index (κ3) is 4.40. The van der Waals surface area contributed by atoms with Crippen LogP contribution in [0.5, 0.6) is 11.5 Å². The first kappa shape index (κ1) is 22.0. The molecule has 1 aliphatic rings. The summed E-state index contributed by atoms with van der Waals surface area (Å²) in [4.78, 5) is 19.7.